The topological polar surface area (TPSA) is 35.5 Å². The number of hydrogen-bond donors (Lipinski definition) is 0. The van der Waals surface area contributed by atoms with Crippen molar-refractivity contribution in [1.82, 2.24) is 0 Å². The van der Waals surface area contributed by atoms with E-state index in [4.69, 9.17) is 9.47 Å². The minimum Gasteiger partial charge on any atom is -0.434 e. The largest absolute Gasteiger partial charge is 0.508 e. The van der Waals surface area contributed by atoms with Crippen molar-refractivity contribution in [2.45, 2.75) is 194 Å². The smallest absolute Gasteiger partial charge is 0.434 e. The van der Waals surface area contributed by atoms with Crippen LogP contribution in [0.4, 0.5) is 4.79 Å². The number of hydrogen-bond acceptors (Lipinski definition) is 3. The predicted molar refractivity (Wildman–Crippen MR) is 167 cm³/mol. The average Bonchev–Trinajstić information content (AvgIpc) is 2.92. The Morgan fingerprint density at radius 1 is 0.395 bits per heavy atom. The Balaban J connectivity index is 3.17. The molecular formula is C35H68O3. The maximum Gasteiger partial charge on any atom is 0.508 e. The zero-order chi connectivity index (χ0) is 27.6. The minimum atomic E-state index is -0.478. The molecule has 0 aliphatic carbocycles. The maximum absolute atomic E-state index is 11.7. The number of rotatable bonds is 31. The molecule has 0 atom stereocenters. The highest BCUT2D eigenvalue weighted by Gasteiger charge is 2.03. The van der Waals surface area contributed by atoms with Gasteiger partial charge in [0.2, 0.25) is 0 Å². The van der Waals surface area contributed by atoms with Crippen LogP contribution in [0, 0.1) is 0 Å². The maximum atomic E-state index is 11.7. The second kappa shape index (κ2) is 34.0. The fraction of sp³-hybridized carbons (Fsp3) is 0.914. The number of carbonyl (C=O) groups is 1. The van der Waals surface area contributed by atoms with Gasteiger partial charge in [0.05, 0.1) is 13.2 Å². The second-order valence-electron chi connectivity index (χ2n) is 11.5. The van der Waals surface area contributed by atoms with Gasteiger partial charge in [-0.1, -0.05) is 167 Å². The molecule has 0 heterocycles. The zero-order valence-electron chi connectivity index (χ0n) is 26.1. The van der Waals surface area contributed by atoms with Crippen LogP contribution in [0.15, 0.2) is 12.2 Å². The van der Waals surface area contributed by atoms with Gasteiger partial charge in [-0.2, -0.15) is 0 Å². The predicted octanol–water partition coefficient (Wildman–Crippen LogP) is 12.7. The van der Waals surface area contributed by atoms with Gasteiger partial charge in [-0.05, 0) is 38.5 Å². The van der Waals surface area contributed by atoms with Gasteiger partial charge in [-0.3, -0.25) is 0 Å². The first-order valence-corrected chi connectivity index (χ1v) is 17.3. The molecule has 0 aromatic rings. The Labute approximate surface area is 239 Å². The Morgan fingerprint density at radius 2 is 0.658 bits per heavy atom. The lowest BCUT2D eigenvalue weighted by molar-refractivity contribution is 0.0529. The number of ether oxygens (including phenoxy) is 2. The summed E-state index contributed by atoms with van der Waals surface area (Å²) >= 11 is 0. The Morgan fingerprint density at radius 3 is 0.974 bits per heavy atom. The monoisotopic (exact) mass is 537 g/mol. The van der Waals surface area contributed by atoms with Gasteiger partial charge >= 0.3 is 6.16 Å². The third-order valence-electron chi connectivity index (χ3n) is 7.59. The van der Waals surface area contributed by atoms with Crippen molar-refractivity contribution in [1.29, 1.82) is 0 Å². The van der Waals surface area contributed by atoms with E-state index in [1.165, 1.54) is 154 Å². The molecule has 0 saturated heterocycles. The Hall–Kier alpha value is -0.990. The summed E-state index contributed by atoms with van der Waals surface area (Å²) in [5.74, 6) is 0. The molecule has 0 aromatic heterocycles. The summed E-state index contributed by atoms with van der Waals surface area (Å²) in [6.07, 6.45) is 41.1. The van der Waals surface area contributed by atoms with Crippen molar-refractivity contribution < 1.29 is 14.3 Å². The van der Waals surface area contributed by atoms with Crippen LogP contribution in [0.1, 0.15) is 194 Å². The molecule has 3 heteroatoms. The molecule has 226 valence electrons. The first-order chi connectivity index (χ1) is 18.8. The van der Waals surface area contributed by atoms with Crippen molar-refractivity contribution in [2.75, 3.05) is 13.2 Å². The van der Waals surface area contributed by atoms with Gasteiger partial charge < -0.3 is 9.47 Å². The van der Waals surface area contributed by atoms with Crippen LogP contribution in [-0.4, -0.2) is 19.4 Å². The van der Waals surface area contributed by atoms with Crippen molar-refractivity contribution >= 4 is 6.16 Å². The van der Waals surface area contributed by atoms with Crippen molar-refractivity contribution in [3.8, 4) is 0 Å². The van der Waals surface area contributed by atoms with Gasteiger partial charge in [0.15, 0.2) is 0 Å². The van der Waals surface area contributed by atoms with Crippen LogP contribution >= 0.6 is 0 Å². The average molecular weight is 537 g/mol. The van der Waals surface area contributed by atoms with Crippen molar-refractivity contribution in [3.63, 3.8) is 0 Å². The Bertz CT molecular complexity index is 474. The number of allylic oxidation sites excluding steroid dienone is 2. The standard InChI is InChI=1S/C35H68O3/c1-3-5-7-9-11-13-15-16-17-18-19-20-21-22-23-24-26-28-30-32-34-38-35(36)37-33-31-29-27-25-14-12-10-8-6-4-2/h16-17H,3-15,18-34H2,1-2H3/b17-16-. The summed E-state index contributed by atoms with van der Waals surface area (Å²) in [5.41, 5.74) is 0. The quantitative estimate of drug-likeness (QED) is 0.0502. The fourth-order valence-electron chi connectivity index (χ4n) is 5.00. The van der Waals surface area contributed by atoms with Crippen LogP contribution in [0.5, 0.6) is 0 Å². The lowest BCUT2D eigenvalue weighted by Crippen LogP contribution is -2.09. The van der Waals surface area contributed by atoms with Gasteiger partial charge in [0.25, 0.3) is 0 Å². The van der Waals surface area contributed by atoms with Crippen LogP contribution < -0.4 is 0 Å². The molecular weight excluding hydrogens is 468 g/mol. The molecule has 0 N–H and O–H groups in total. The third kappa shape index (κ3) is 33.0. The summed E-state index contributed by atoms with van der Waals surface area (Å²) in [4.78, 5) is 11.7. The molecule has 0 amide bonds. The molecule has 0 fully saturated rings. The highest BCUT2D eigenvalue weighted by atomic mass is 16.7. The lowest BCUT2D eigenvalue weighted by Gasteiger charge is -2.06. The molecule has 3 nitrogen and oxygen atoms in total. The van der Waals surface area contributed by atoms with Gasteiger partial charge in [0, 0.05) is 0 Å². The summed E-state index contributed by atoms with van der Waals surface area (Å²) < 4.78 is 10.4. The highest BCUT2D eigenvalue weighted by Crippen LogP contribution is 2.13. The molecule has 38 heavy (non-hydrogen) atoms. The van der Waals surface area contributed by atoms with Crippen molar-refractivity contribution in [2.24, 2.45) is 0 Å². The van der Waals surface area contributed by atoms with Crippen molar-refractivity contribution in [3.05, 3.63) is 12.2 Å². The lowest BCUT2D eigenvalue weighted by atomic mass is 10.1. The SMILES string of the molecule is CCCCCCCC/C=C\CCCCCCCCCCCCOC(=O)OCCCCCCCCCCCC. The van der Waals surface area contributed by atoms with E-state index in [2.05, 4.69) is 26.0 Å². The van der Waals surface area contributed by atoms with Gasteiger partial charge in [0.1, 0.15) is 0 Å². The molecule has 0 aromatic carbocycles. The minimum absolute atomic E-state index is 0.478. The van der Waals surface area contributed by atoms with E-state index in [-0.39, 0.29) is 0 Å². The first kappa shape index (κ1) is 37.0. The van der Waals surface area contributed by atoms with Gasteiger partial charge in [-0.15, -0.1) is 0 Å². The van der Waals surface area contributed by atoms with E-state index < -0.39 is 6.16 Å². The molecule has 0 saturated carbocycles. The molecule has 0 rings (SSSR count). The van der Waals surface area contributed by atoms with E-state index in [9.17, 15) is 4.79 Å². The Kier molecular flexibility index (Phi) is 33.2. The third-order valence-corrected chi connectivity index (χ3v) is 7.59. The number of carbonyl (C=O) groups excluding carboxylic acids is 1. The van der Waals surface area contributed by atoms with Gasteiger partial charge in [-0.25, -0.2) is 4.79 Å². The number of unbranched alkanes of at least 4 members (excludes halogenated alkanes) is 25. The van der Waals surface area contributed by atoms with E-state index in [0.29, 0.717) is 13.2 Å². The van der Waals surface area contributed by atoms with E-state index in [0.717, 1.165) is 25.7 Å². The van der Waals surface area contributed by atoms with E-state index in [1.807, 2.05) is 0 Å². The highest BCUT2D eigenvalue weighted by molar-refractivity contribution is 5.59. The second-order valence-corrected chi connectivity index (χ2v) is 11.5. The molecule has 0 aliphatic rings. The molecule has 0 bridgehead atoms. The van der Waals surface area contributed by atoms with E-state index in [1.54, 1.807) is 0 Å². The normalized spacial score (nSPS) is 11.4. The first-order valence-electron chi connectivity index (χ1n) is 17.3. The summed E-state index contributed by atoms with van der Waals surface area (Å²) in [6.45, 7) is 5.56. The van der Waals surface area contributed by atoms with Crippen LogP contribution in [0.2, 0.25) is 0 Å². The molecule has 0 aliphatic heterocycles. The van der Waals surface area contributed by atoms with Crippen LogP contribution in [0.25, 0.3) is 0 Å². The molecule has 0 spiro atoms. The van der Waals surface area contributed by atoms with E-state index >= 15 is 0 Å². The zero-order valence-corrected chi connectivity index (χ0v) is 26.1. The van der Waals surface area contributed by atoms with Crippen LogP contribution in [-0.2, 0) is 9.47 Å². The summed E-state index contributed by atoms with van der Waals surface area (Å²) in [5, 5.41) is 0. The molecule has 0 unspecified atom stereocenters. The summed E-state index contributed by atoms with van der Waals surface area (Å²) in [6, 6.07) is 0. The van der Waals surface area contributed by atoms with Crippen LogP contribution in [0.3, 0.4) is 0 Å². The molecule has 0 radical (unpaired) electrons. The fourth-order valence-corrected chi connectivity index (χ4v) is 5.00. The summed E-state index contributed by atoms with van der Waals surface area (Å²) in [7, 11) is 0.